The van der Waals surface area contributed by atoms with Crippen molar-refractivity contribution in [1.82, 2.24) is 4.73 Å². The molecular formula is C15H16NO3S-. The minimum absolute atomic E-state index is 0.204. The Morgan fingerprint density at radius 2 is 1.75 bits per heavy atom. The molecule has 0 saturated heterocycles. The van der Waals surface area contributed by atoms with E-state index in [1.807, 2.05) is 24.3 Å². The Kier molecular flexibility index (Phi) is 4.63. The standard InChI is InChI=1S/C15H16NO3S/c1-2-4-12-6-8-13(9-7-12)11-14-5-3-10-16(17)15(14)20(18)19/h3,5-10H,2,4,11H2,1H3/q-1. The smallest absolute Gasteiger partial charge is 0.238 e. The molecule has 0 aliphatic rings. The first-order valence-electron chi connectivity index (χ1n) is 6.50. The molecule has 0 N–H and O–H groups in total. The largest absolute Gasteiger partial charge is 0.805 e. The predicted molar refractivity (Wildman–Crippen MR) is 78.6 cm³/mol. The molecule has 0 aliphatic carbocycles. The Labute approximate surface area is 119 Å². The average molecular weight is 290 g/mol. The summed E-state index contributed by atoms with van der Waals surface area (Å²) < 4.78 is 22.5. The lowest BCUT2D eigenvalue weighted by atomic mass is 10.0. The number of aryl methyl sites for hydroxylation is 1. The first-order chi connectivity index (χ1) is 9.61. The van der Waals surface area contributed by atoms with Crippen molar-refractivity contribution >= 4 is 10.3 Å². The fourth-order valence-corrected chi connectivity index (χ4v) is 2.73. The second kappa shape index (κ2) is 6.43. The minimum atomic E-state index is -2.53. The summed E-state index contributed by atoms with van der Waals surface area (Å²) >= 11 is 0. The number of nitrogens with zero attached hydrogens (tertiary/aromatic N) is 1. The van der Waals surface area contributed by atoms with Crippen LogP contribution >= 0.6 is 0 Å². The van der Waals surface area contributed by atoms with Crippen molar-refractivity contribution in [1.29, 1.82) is 0 Å². The Balaban J connectivity index is 2.36. The van der Waals surface area contributed by atoms with Gasteiger partial charge in [0, 0.05) is 6.42 Å². The topological polar surface area (TPSA) is 62.1 Å². The molecule has 0 unspecified atom stereocenters. The van der Waals surface area contributed by atoms with Crippen LogP contribution in [-0.4, -0.2) is 13.1 Å². The second-order valence-electron chi connectivity index (χ2n) is 4.64. The van der Waals surface area contributed by atoms with E-state index in [4.69, 9.17) is 0 Å². The summed E-state index contributed by atoms with van der Waals surface area (Å²) in [4.78, 5) is 0. The van der Waals surface area contributed by atoms with E-state index in [1.54, 1.807) is 12.1 Å². The van der Waals surface area contributed by atoms with Crippen LogP contribution in [0.15, 0.2) is 42.6 Å². The molecule has 2 aromatic rings. The summed E-state index contributed by atoms with van der Waals surface area (Å²) in [5.41, 5.74) is 2.76. The molecule has 4 nitrogen and oxygen atoms in total. The van der Waals surface area contributed by atoms with Crippen LogP contribution in [0.4, 0.5) is 0 Å². The van der Waals surface area contributed by atoms with Crippen LogP contribution in [0.3, 0.4) is 0 Å². The molecule has 0 fully saturated rings. The molecule has 106 valence electrons. The number of rotatable bonds is 4. The molecule has 0 aliphatic heterocycles. The quantitative estimate of drug-likeness (QED) is 0.813. The zero-order valence-corrected chi connectivity index (χ0v) is 12.1. The van der Waals surface area contributed by atoms with Crippen LogP contribution in [-0.2, 0) is 23.1 Å². The first kappa shape index (κ1) is 14.4. The molecule has 0 spiro atoms. The van der Waals surface area contributed by atoms with Gasteiger partial charge in [0.2, 0.25) is 10.3 Å². The van der Waals surface area contributed by atoms with Crippen LogP contribution in [0.2, 0.25) is 0 Å². The molecular weight excluding hydrogens is 274 g/mol. The van der Waals surface area contributed by atoms with Crippen molar-refractivity contribution in [3.63, 3.8) is 0 Å². The van der Waals surface area contributed by atoms with E-state index in [9.17, 15) is 13.6 Å². The molecule has 1 heterocycles. The minimum Gasteiger partial charge on any atom is -0.805 e. The third-order valence-corrected chi connectivity index (χ3v) is 3.87. The summed E-state index contributed by atoms with van der Waals surface area (Å²) in [6.07, 6.45) is 3.74. The van der Waals surface area contributed by atoms with Crippen molar-refractivity contribution in [2.75, 3.05) is 0 Å². The number of benzene rings is 1. The lowest BCUT2D eigenvalue weighted by Gasteiger charge is -2.12. The summed E-state index contributed by atoms with van der Waals surface area (Å²) in [5.74, 6) is 0. The Bertz CT molecular complexity index is 750. The summed E-state index contributed by atoms with van der Waals surface area (Å²) in [7, 11) is -2.53. The number of hydrogen-bond donors (Lipinski definition) is 0. The average Bonchev–Trinajstić information content (AvgIpc) is 2.41. The van der Waals surface area contributed by atoms with Crippen LogP contribution in [0, 0.1) is 9.85 Å². The number of pyridine rings is 1. The van der Waals surface area contributed by atoms with E-state index < -0.39 is 10.3 Å². The molecule has 0 saturated carbocycles. The Morgan fingerprint density at radius 1 is 1.10 bits per heavy atom. The zero-order chi connectivity index (χ0) is 14.5. The fraction of sp³-hybridized carbons (Fsp3) is 0.267. The maximum atomic E-state index is 11.5. The highest BCUT2D eigenvalue weighted by molar-refractivity contribution is 7.63. The van der Waals surface area contributed by atoms with Crippen molar-refractivity contribution < 1.29 is 8.42 Å². The normalized spacial score (nSPS) is 10.4. The highest BCUT2D eigenvalue weighted by atomic mass is 32.2. The highest BCUT2D eigenvalue weighted by Crippen LogP contribution is 2.12. The van der Waals surface area contributed by atoms with Crippen LogP contribution < -0.4 is 0 Å². The molecule has 1 aromatic heterocycles. The highest BCUT2D eigenvalue weighted by Gasteiger charge is 2.01. The number of aromatic nitrogens is 1. The molecule has 5 heteroatoms. The third-order valence-electron chi connectivity index (χ3n) is 3.11. The Morgan fingerprint density at radius 3 is 2.35 bits per heavy atom. The van der Waals surface area contributed by atoms with Crippen LogP contribution in [0.5, 0.6) is 0 Å². The molecule has 0 bridgehead atoms. The summed E-state index contributed by atoms with van der Waals surface area (Å²) in [6, 6.07) is 11.3. The summed E-state index contributed by atoms with van der Waals surface area (Å²) in [6.45, 7) is 2.13. The molecule has 2 rings (SSSR count). The van der Waals surface area contributed by atoms with Gasteiger partial charge in [-0.1, -0.05) is 43.7 Å². The van der Waals surface area contributed by atoms with Gasteiger partial charge in [-0.25, -0.2) is 0 Å². The molecule has 0 amide bonds. The zero-order valence-electron chi connectivity index (χ0n) is 11.2. The maximum absolute atomic E-state index is 11.5. The van der Waals surface area contributed by atoms with Crippen LogP contribution in [0.1, 0.15) is 30.0 Å². The van der Waals surface area contributed by atoms with Gasteiger partial charge in [0.15, 0.2) is 4.64 Å². The van der Waals surface area contributed by atoms with E-state index in [2.05, 4.69) is 6.92 Å². The first-order valence-corrected chi connectivity index (χ1v) is 7.57. The van der Waals surface area contributed by atoms with Gasteiger partial charge in [-0.2, -0.15) is 8.42 Å². The van der Waals surface area contributed by atoms with Crippen molar-refractivity contribution in [3.8, 4) is 0 Å². The van der Waals surface area contributed by atoms with Gasteiger partial charge >= 0.3 is 0 Å². The maximum Gasteiger partial charge on any atom is 0.238 e. The molecule has 1 aromatic carbocycles. The van der Waals surface area contributed by atoms with Gasteiger partial charge < -0.3 is 9.94 Å². The predicted octanol–water partition coefficient (Wildman–Crippen LogP) is 2.79. The number of hydrogen-bond acceptors (Lipinski definition) is 3. The lowest BCUT2D eigenvalue weighted by molar-refractivity contribution is 0.623. The lowest BCUT2D eigenvalue weighted by Crippen LogP contribution is -1.99. The fourth-order valence-electron chi connectivity index (χ4n) is 2.17. The van der Waals surface area contributed by atoms with Gasteiger partial charge in [-0.15, -0.1) is 0 Å². The van der Waals surface area contributed by atoms with Crippen molar-refractivity contribution in [2.45, 2.75) is 26.2 Å². The van der Waals surface area contributed by atoms with Gasteiger partial charge in [0.05, 0.1) is 0 Å². The van der Waals surface area contributed by atoms with Gasteiger partial charge in [0.25, 0.3) is 0 Å². The van der Waals surface area contributed by atoms with Gasteiger partial charge in [0.1, 0.15) is 0 Å². The summed E-state index contributed by atoms with van der Waals surface area (Å²) in [5, 5.41) is 11.5. The van der Waals surface area contributed by atoms with E-state index >= 15 is 0 Å². The van der Waals surface area contributed by atoms with E-state index in [-0.39, 0.29) is 4.64 Å². The van der Waals surface area contributed by atoms with Gasteiger partial charge in [-0.05, 0) is 35.4 Å². The molecule has 0 radical (unpaired) electrons. The third kappa shape index (κ3) is 3.30. The molecule has 0 atom stereocenters. The van der Waals surface area contributed by atoms with E-state index in [0.29, 0.717) is 16.7 Å². The van der Waals surface area contributed by atoms with Crippen molar-refractivity contribution in [3.05, 3.63) is 69.1 Å². The van der Waals surface area contributed by atoms with Gasteiger partial charge in [-0.3, -0.25) is 0 Å². The molecule has 20 heavy (non-hydrogen) atoms. The van der Waals surface area contributed by atoms with Crippen molar-refractivity contribution in [2.24, 2.45) is 0 Å². The second-order valence-corrected chi connectivity index (χ2v) is 5.50. The Hall–Kier alpha value is -2.01. The SMILES string of the molecule is CCCc1ccc(Cc2cccn([O-])c2=S(=O)=O)cc1. The monoisotopic (exact) mass is 290 g/mol. The van der Waals surface area contributed by atoms with E-state index in [1.165, 1.54) is 11.8 Å². The van der Waals surface area contributed by atoms with Crippen LogP contribution in [0.25, 0.3) is 0 Å². The van der Waals surface area contributed by atoms with E-state index in [0.717, 1.165) is 18.4 Å².